The lowest BCUT2D eigenvalue weighted by molar-refractivity contribution is -0.115. The average Bonchev–Trinajstić information content (AvgIpc) is 3.18. The normalized spacial score (nSPS) is 11.4. The summed E-state index contributed by atoms with van der Waals surface area (Å²) in [5.74, 6) is 0. The summed E-state index contributed by atoms with van der Waals surface area (Å²) < 4.78 is 37.1. The van der Waals surface area contributed by atoms with Gasteiger partial charge in [-0.1, -0.05) is 39.5 Å². The quantitative estimate of drug-likeness (QED) is 0.310. The van der Waals surface area contributed by atoms with Gasteiger partial charge in [0.2, 0.25) is 0 Å². The number of hydrogen-bond donors (Lipinski definition) is 3. The first kappa shape index (κ1) is 25.7. The third-order valence-corrected chi connectivity index (χ3v) is 5.25. The standard InChI is InChI=1S/C17H17F3N4OS.C6H14/c1-9(2)22-16-24-14(7-26-16)13-6-15(25)11-4-3-10(5-12(11)23-13)21-8-17(18,19)20;1-3-5-6-4-2/h3-7,9,21H,8H2,1-2H3,(H,22,24)(H,23,25);3-6H2,1-2H3. The predicted molar refractivity (Wildman–Crippen MR) is 129 cm³/mol. The van der Waals surface area contributed by atoms with E-state index in [-0.39, 0.29) is 17.2 Å². The molecule has 0 unspecified atom stereocenters. The van der Waals surface area contributed by atoms with Gasteiger partial charge in [0.15, 0.2) is 10.6 Å². The van der Waals surface area contributed by atoms with E-state index in [1.807, 2.05) is 19.2 Å². The Hall–Kier alpha value is -2.55. The number of halogens is 3. The Morgan fingerprint density at radius 1 is 1.12 bits per heavy atom. The number of H-pyrrole nitrogens is 1. The van der Waals surface area contributed by atoms with E-state index in [0.717, 1.165) is 5.13 Å². The van der Waals surface area contributed by atoms with Crippen LogP contribution < -0.4 is 16.1 Å². The minimum atomic E-state index is -4.31. The monoisotopic (exact) mass is 468 g/mol. The Bertz CT molecular complexity index is 1040. The number of rotatable bonds is 8. The van der Waals surface area contributed by atoms with Gasteiger partial charge in [0.25, 0.3) is 0 Å². The van der Waals surface area contributed by atoms with Crippen LogP contribution in [0.25, 0.3) is 22.3 Å². The van der Waals surface area contributed by atoms with Crippen molar-refractivity contribution in [3.05, 3.63) is 39.9 Å². The Balaban J connectivity index is 0.000000534. The molecule has 1 aromatic carbocycles. The van der Waals surface area contributed by atoms with Crippen molar-refractivity contribution in [3.63, 3.8) is 0 Å². The van der Waals surface area contributed by atoms with Crippen LogP contribution in [0.15, 0.2) is 34.4 Å². The Morgan fingerprint density at radius 3 is 2.41 bits per heavy atom. The fraction of sp³-hybridized carbons (Fsp3) is 0.478. The fourth-order valence-corrected chi connectivity index (χ4v) is 3.77. The molecule has 0 saturated heterocycles. The van der Waals surface area contributed by atoms with Gasteiger partial charge < -0.3 is 15.6 Å². The maximum Gasteiger partial charge on any atom is 0.405 e. The van der Waals surface area contributed by atoms with Gasteiger partial charge in [0, 0.05) is 28.6 Å². The number of nitrogens with zero attached hydrogens (tertiary/aromatic N) is 1. The number of benzene rings is 1. The third kappa shape index (κ3) is 8.18. The molecule has 32 heavy (non-hydrogen) atoms. The second-order valence-corrected chi connectivity index (χ2v) is 8.68. The van der Waals surface area contributed by atoms with E-state index in [9.17, 15) is 18.0 Å². The van der Waals surface area contributed by atoms with Crippen LogP contribution in [0, 0.1) is 0 Å². The number of hydrogen-bond acceptors (Lipinski definition) is 5. The summed E-state index contributed by atoms with van der Waals surface area (Å²) in [5.41, 5.74) is 1.63. The van der Waals surface area contributed by atoms with Gasteiger partial charge in [-0.3, -0.25) is 4.79 Å². The molecule has 0 spiro atoms. The van der Waals surface area contributed by atoms with Crippen LogP contribution in [0.2, 0.25) is 0 Å². The van der Waals surface area contributed by atoms with E-state index in [2.05, 4.69) is 34.4 Å². The van der Waals surface area contributed by atoms with Gasteiger partial charge in [0.05, 0.1) is 16.9 Å². The number of fused-ring (bicyclic) bond motifs is 1. The molecule has 5 nitrogen and oxygen atoms in total. The van der Waals surface area contributed by atoms with Crippen LogP contribution in [0.1, 0.15) is 53.4 Å². The number of alkyl halides is 3. The van der Waals surface area contributed by atoms with Crippen LogP contribution in [-0.2, 0) is 0 Å². The second kappa shape index (κ2) is 11.9. The molecule has 0 aliphatic carbocycles. The first-order valence-electron chi connectivity index (χ1n) is 10.8. The maximum absolute atomic E-state index is 12.4. The summed E-state index contributed by atoms with van der Waals surface area (Å²) in [4.78, 5) is 19.8. The summed E-state index contributed by atoms with van der Waals surface area (Å²) in [6.07, 6.45) is 1.22. The van der Waals surface area contributed by atoms with Crippen molar-refractivity contribution >= 4 is 33.1 Å². The zero-order valence-electron chi connectivity index (χ0n) is 18.9. The smallest absolute Gasteiger partial charge is 0.376 e. The van der Waals surface area contributed by atoms with E-state index in [0.29, 0.717) is 22.3 Å². The maximum atomic E-state index is 12.4. The van der Waals surface area contributed by atoms with Crippen molar-refractivity contribution in [2.24, 2.45) is 0 Å². The summed E-state index contributed by atoms with van der Waals surface area (Å²) in [5, 5.41) is 8.45. The summed E-state index contributed by atoms with van der Waals surface area (Å²) in [6, 6.07) is 6.12. The Kier molecular flexibility index (Phi) is 9.56. The highest BCUT2D eigenvalue weighted by Gasteiger charge is 2.26. The van der Waals surface area contributed by atoms with Crippen LogP contribution in [0.3, 0.4) is 0 Å². The number of nitrogens with one attached hydrogen (secondary N) is 3. The van der Waals surface area contributed by atoms with Crippen molar-refractivity contribution in [3.8, 4) is 11.4 Å². The van der Waals surface area contributed by atoms with Crippen LogP contribution >= 0.6 is 11.3 Å². The van der Waals surface area contributed by atoms with Gasteiger partial charge in [-0.15, -0.1) is 11.3 Å². The number of aromatic amines is 1. The molecule has 176 valence electrons. The van der Waals surface area contributed by atoms with Crippen molar-refractivity contribution in [2.75, 3.05) is 17.2 Å². The van der Waals surface area contributed by atoms with Gasteiger partial charge in [-0.25, -0.2) is 4.98 Å². The first-order valence-corrected chi connectivity index (χ1v) is 11.7. The van der Waals surface area contributed by atoms with Crippen LogP contribution in [0.4, 0.5) is 24.0 Å². The molecule has 0 aliphatic rings. The summed E-state index contributed by atoms with van der Waals surface area (Å²) >= 11 is 1.42. The van der Waals surface area contributed by atoms with E-state index in [4.69, 9.17) is 0 Å². The lowest BCUT2D eigenvalue weighted by Crippen LogP contribution is -2.21. The minimum Gasteiger partial charge on any atom is -0.376 e. The van der Waals surface area contributed by atoms with Gasteiger partial charge in [0.1, 0.15) is 6.54 Å². The van der Waals surface area contributed by atoms with Crippen molar-refractivity contribution < 1.29 is 13.2 Å². The number of unbranched alkanes of at least 4 members (excludes halogenated alkanes) is 3. The molecule has 0 saturated carbocycles. The summed E-state index contributed by atoms with van der Waals surface area (Å²) in [6.45, 7) is 7.31. The topological polar surface area (TPSA) is 69.8 Å². The average molecular weight is 469 g/mol. The van der Waals surface area contributed by atoms with Gasteiger partial charge >= 0.3 is 6.18 Å². The van der Waals surface area contributed by atoms with E-state index in [1.165, 1.54) is 61.3 Å². The molecular formula is C23H31F3N4OS. The molecule has 0 bridgehead atoms. The highest BCUT2D eigenvalue weighted by molar-refractivity contribution is 7.14. The molecule has 0 radical (unpaired) electrons. The number of anilines is 2. The molecule has 3 N–H and O–H groups in total. The Morgan fingerprint density at radius 2 is 1.81 bits per heavy atom. The summed E-state index contributed by atoms with van der Waals surface area (Å²) in [7, 11) is 0. The van der Waals surface area contributed by atoms with Crippen LogP contribution in [0.5, 0.6) is 0 Å². The van der Waals surface area contributed by atoms with Crippen LogP contribution in [-0.4, -0.2) is 28.7 Å². The second-order valence-electron chi connectivity index (χ2n) is 7.82. The van der Waals surface area contributed by atoms with E-state index < -0.39 is 12.7 Å². The highest BCUT2D eigenvalue weighted by atomic mass is 32.1. The molecule has 0 aliphatic heterocycles. The Labute approximate surface area is 190 Å². The fourth-order valence-electron chi connectivity index (χ4n) is 2.91. The SMILES string of the molecule is CC(C)Nc1nc(-c2cc(=O)c3ccc(NCC(F)(F)F)cc3[nH]2)cs1.CCCCCC. The molecule has 2 aromatic heterocycles. The minimum absolute atomic E-state index is 0.220. The highest BCUT2D eigenvalue weighted by Crippen LogP contribution is 2.25. The van der Waals surface area contributed by atoms with E-state index >= 15 is 0 Å². The zero-order valence-corrected chi connectivity index (χ0v) is 19.7. The lowest BCUT2D eigenvalue weighted by Gasteiger charge is -2.10. The molecule has 0 fully saturated rings. The predicted octanol–water partition coefficient (Wildman–Crippen LogP) is 7.03. The lowest BCUT2D eigenvalue weighted by atomic mass is 10.1. The molecule has 9 heteroatoms. The number of aromatic nitrogens is 2. The molecule has 2 heterocycles. The van der Waals surface area contributed by atoms with Gasteiger partial charge in [-0.05, 0) is 32.0 Å². The molecule has 0 amide bonds. The molecule has 0 atom stereocenters. The molecular weight excluding hydrogens is 437 g/mol. The molecule has 3 rings (SSSR count). The largest absolute Gasteiger partial charge is 0.405 e. The number of thiazole rings is 1. The molecule has 3 aromatic rings. The van der Waals surface area contributed by atoms with Crippen molar-refractivity contribution in [1.82, 2.24) is 9.97 Å². The number of pyridine rings is 1. The van der Waals surface area contributed by atoms with Crippen molar-refractivity contribution in [2.45, 2.75) is 65.6 Å². The van der Waals surface area contributed by atoms with E-state index in [1.54, 1.807) is 0 Å². The van der Waals surface area contributed by atoms with Crippen molar-refractivity contribution in [1.29, 1.82) is 0 Å². The van der Waals surface area contributed by atoms with Gasteiger partial charge in [-0.2, -0.15) is 13.2 Å². The third-order valence-electron chi connectivity index (χ3n) is 4.47. The first-order chi connectivity index (χ1) is 15.1. The zero-order chi connectivity index (χ0) is 23.7.